The topological polar surface area (TPSA) is 158 Å². The average molecular weight is 677 g/mol. The summed E-state index contributed by atoms with van der Waals surface area (Å²) in [6.07, 6.45) is 1.84. The molecule has 0 aliphatic carbocycles. The summed E-state index contributed by atoms with van der Waals surface area (Å²) in [4.78, 5) is 62.0. The molecule has 2 aromatic rings. The number of nitrogen functional groups attached to an aromatic ring is 1. The van der Waals surface area contributed by atoms with Gasteiger partial charge in [-0.05, 0) is 68.8 Å². The molecule has 264 valence electrons. The summed E-state index contributed by atoms with van der Waals surface area (Å²) >= 11 is 0. The summed E-state index contributed by atoms with van der Waals surface area (Å²) in [6, 6.07) is 11.1. The van der Waals surface area contributed by atoms with Crippen molar-refractivity contribution >= 4 is 35.1 Å². The molecule has 0 radical (unpaired) electrons. The van der Waals surface area contributed by atoms with Crippen molar-refractivity contribution < 1.29 is 24.0 Å². The van der Waals surface area contributed by atoms with E-state index in [0.717, 1.165) is 56.7 Å². The Balaban J connectivity index is 1.11. The van der Waals surface area contributed by atoms with Gasteiger partial charge in [-0.1, -0.05) is 24.3 Å². The van der Waals surface area contributed by atoms with E-state index >= 15 is 0 Å². The molecule has 6 rings (SSSR count). The van der Waals surface area contributed by atoms with Crippen molar-refractivity contribution in [3.8, 4) is 0 Å². The fourth-order valence-corrected chi connectivity index (χ4v) is 7.65. The first kappa shape index (κ1) is 34.4. The molecule has 14 heteroatoms. The van der Waals surface area contributed by atoms with E-state index in [1.165, 1.54) is 6.07 Å². The fourth-order valence-electron chi connectivity index (χ4n) is 7.65. The molecule has 3 N–H and O–H groups in total. The number of rotatable bonds is 7. The number of anilines is 2. The third-order valence-corrected chi connectivity index (χ3v) is 10.7. The van der Waals surface area contributed by atoms with Crippen molar-refractivity contribution in [3.63, 3.8) is 0 Å². The number of benzene rings is 2. The van der Waals surface area contributed by atoms with Crippen LogP contribution in [0.15, 0.2) is 36.4 Å². The molecule has 4 amide bonds. The smallest absolute Gasteiger partial charge is 0.410 e. The molecule has 49 heavy (non-hydrogen) atoms. The van der Waals surface area contributed by atoms with Crippen LogP contribution in [0.1, 0.15) is 42.4 Å². The van der Waals surface area contributed by atoms with Crippen LogP contribution in [-0.2, 0) is 22.4 Å². The highest BCUT2D eigenvalue weighted by Gasteiger charge is 2.37. The Bertz CT molecular complexity index is 1550. The van der Waals surface area contributed by atoms with E-state index in [9.17, 15) is 24.5 Å². The average Bonchev–Trinajstić information content (AvgIpc) is 3.27. The maximum absolute atomic E-state index is 14.0. The zero-order valence-electron chi connectivity index (χ0n) is 28.5. The van der Waals surface area contributed by atoms with Gasteiger partial charge in [0.1, 0.15) is 5.69 Å². The predicted molar refractivity (Wildman–Crippen MR) is 185 cm³/mol. The third kappa shape index (κ3) is 7.91. The monoisotopic (exact) mass is 676 g/mol. The Hall–Kier alpha value is -4.43. The SMILES string of the molecule is Cc1cc(C[C@@H](OC(=O)N2CCC(N3CCc4ccccc4NC3=O)CC2)C(=O)N2CCC(N3CCN(C)CC3)CC2)cc([N+](=O)[O-])c1N. The van der Waals surface area contributed by atoms with Crippen molar-refractivity contribution in [3.05, 3.63) is 63.2 Å². The van der Waals surface area contributed by atoms with E-state index in [4.69, 9.17) is 10.5 Å². The van der Waals surface area contributed by atoms with Gasteiger partial charge in [-0.2, -0.15) is 0 Å². The lowest BCUT2D eigenvalue weighted by Gasteiger charge is -2.42. The highest BCUT2D eigenvalue weighted by atomic mass is 16.6. The number of likely N-dealkylation sites (N-methyl/N-ethyl adjacent to an activating group) is 1. The number of nitrogens with zero attached hydrogens (tertiary/aromatic N) is 6. The maximum atomic E-state index is 14.0. The molecule has 3 fully saturated rings. The number of fused-ring (bicyclic) bond motifs is 1. The fraction of sp³-hybridized carbons (Fsp3) is 0.571. The molecule has 14 nitrogen and oxygen atoms in total. The second-order valence-corrected chi connectivity index (χ2v) is 13.8. The van der Waals surface area contributed by atoms with Crippen LogP contribution in [0, 0.1) is 17.0 Å². The Kier molecular flexibility index (Phi) is 10.5. The standard InChI is InChI=1S/C35H48N8O6/c1-24-21-25(22-30(32(24)36)43(47)48)23-31(33(44)40-12-8-27(9-13-40)39-19-17-38(2)18-20-39)49-35(46)41-14-10-28(11-15-41)42-16-7-26-5-3-4-6-29(26)37-34(42)45/h3-6,21-22,27-28,31H,7-20,23,36H2,1-2H3,(H,37,45)/t31-/m1/s1. The number of piperidine rings is 2. The van der Waals surface area contributed by atoms with Crippen LogP contribution in [-0.4, -0.2) is 132 Å². The molecule has 4 heterocycles. The van der Waals surface area contributed by atoms with Crippen LogP contribution in [0.5, 0.6) is 0 Å². The van der Waals surface area contributed by atoms with Gasteiger partial charge in [0.15, 0.2) is 6.10 Å². The van der Waals surface area contributed by atoms with Crippen LogP contribution in [0.3, 0.4) is 0 Å². The molecule has 0 bridgehead atoms. The summed E-state index contributed by atoms with van der Waals surface area (Å²) in [5.74, 6) is -0.294. The minimum Gasteiger partial charge on any atom is -0.436 e. The van der Waals surface area contributed by atoms with Gasteiger partial charge in [0.2, 0.25) is 0 Å². The molecule has 4 aliphatic rings. The van der Waals surface area contributed by atoms with Gasteiger partial charge in [0.05, 0.1) is 4.92 Å². The number of hydrogen-bond acceptors (Lipinski definition) is 9. The van der Waals surface area contributed by atoms with Crippen LogP contribution in [0.2, 0.25) is 0 Å². The zero-order chi connectivity index (χ0) is 34.7. The highest BCUT2D eigenvalue weighted by Crippen LogP contribution is 2.29. The number of aryl methyl sites for hydroxylation is 1. The highest BCUT2D eigenvalue weighted by molar-refractivity contribution is 5.91. The van der Waals surface area contributed by atoms with Gasteiger partial charge in [0.25, 0.3) is 11.6 Å². The minimum absolute atomic E-state index is 0.00407. The van der Waals surface area contributed by atoms with Crippen molar-refractivity contribution in [2.75, 3.05) is 77.0 Å². The van der Waals surface area contributed by atoms with Crippen molar-refractivity contribution in [2.45, 2.75) is 63.6 Å². The summed E-state index contributed by atoms with van der Waals surface area (Å²) in [6.45, 7) is 8.22. The molecule has 0 aromatic heterocycles. The number of nitrogens with two attached hydrogens (primary N) is 1. The molecule has 0 unspecified atom stereocenters. The largest absolute Gasteiger partial charge is 0.436 e. The van der Waals surface area contributed by atoms with E-state index in [-0.39, 0.29) is 35.8 Å². The lowest BCUT2D eigenvalue weighted by atomic mass is 9.99. The predicted octanol–water partition coefficient (Wildman–Crippen LogP) is 3.33. The number of likely N-dealkylation sites (tertiary alicyclic amines) is 2. The van der Waals surface area contributed by atoms with Gasteiger partial charge in [-0.3, -0.25) is 19.8 Å². The molecule has 1 atom stereocenters. The molecule has 4 aliphatic heterocycles. The van der Waals surface area contributed by atoms with E-state index in [1.54, 1.807) is 22.8 Å². The van der Waals surface area contributed by atoms with Crippen LogP contribution in [0.25, 0.3) is 0 Å². The molecule has 0 spiro atoms. The number of nitro benzene ring substituents is 1. The van der Waals surface area contributed by atoms with Crippen LogP contribution < -0.4 is 11.1 Å². The molecule has 3 saturated heterocycles. The third-order valence-electron chi connectivity index (χ3n) is 10.7. The van der Waals surface area contributed by atoms with Gasteiger partial charge in [0, 0.05) is 89.2 Å². The number of urea groups is 1. The summed E-state index contributed by atoms with van der Waals surface area (Å²) in [7, 11) is 2.13. The first-order valence-corrected chi connectivity index (χ1v) is 17.4. The number of piperazine rings is 1. The van der Waals surface area contributed by atoms with Gasteiger partial charge < -0.3 is 35.4 Å². The number of nitro groups is 1. The Morgan fingerprint density at radius 2 is 1.61 bits per heavy atom. The van der Waals surface area contributed by atoms with E-state index in [2.05, 4.69) is 22.2 Å². The lowest BCUT2D eigenvalue weighted by Crippen LogP contribution is -2.54. The number of carbonyl (C=O) groups excluding carboxylic acids is 3. The number of ether oxygens (including phenoxy) is 1. The quantitative estimate of drug-likeness (QED) is 0.255. The van der Waals surface area contributed by atoms with E-state index in [1.807, 2.05) is 29.2 Å². The number of hydrogen-bond donors (Lipinski definition) is 2. The van der Waals surface area contributed by atoms with Gasteiger partial charge in [-0.25, -0.2) is 9.59 Å². The first-order chi connectivity index (χ1) is 23.6. The Morgan fingerprint density at radius 1 is 0.959 bits per heavy atom. The zero-order valence-corrected chi connectivity index (χ0v) is 28.5. The number of amides is 4. The second-order valence-electron chi connectivity index (χ2n) is 13.8. The second kappa shape index (κ2) is 15.0. The molecular weight excluding hydrogens is 628 g/mol. The lowest BCUT2D eigenvalue weighted by molar-refractivity contribution is -0.384. The number of para-hydroxylation sites is 1. The van der Waals surface area contributed by atoms with Gasteiger partial charge in [-0.15, -0.1) is 0 Å². The maximum Gasteiger partial charge on any atom is 0.410 e. The minimum atomic E-state index is -1.15. The first-order valence-electron chi connectivity index (χ1n) is 17.4. The van der Waals surface area contributed by atoms with Gasteiger partial charge >= 0.3 is 12.1 Å². The Morgan fingerprint density at radius 3 is 2.31 bits per heavy atom. The summed E-state index contributed by atoms with van der Waals surface area (Å²) in [5.41, 5.74) is 8.78. The number of carbonyl (C=O) groups is 3. The van der Waals surface area contributed by atoms with Crippen molar-refractivity contribution in [1.29, 1.82) is 0 Å². The summed E-state index contributed by atoms with van der Waals surface area (Å²) in [5, 5.41) is 14.7. The van der Waals surface area contributed by atoms with Crippen molar-refractivity contribution in [1.82, 2.24) is 24.5 Å². The Labute approximate surface area is 287 Å². The van der Waals surface area contributed by atoms with Crippen molar-refractivity contribution in [2.24, 2.45) is 0 Å². The van der Waals surface area contributed by atoms with Crippen LogP contribution in [0.4, 0.5) is 26.7 Å². The normalized spacial score (nSPS) is 20.7. The van der Waals surface area contributed by atoms with E-state index in [0.29, 0.717) is 62.7 Å². The van der Waals surface area contributed by atoms with Crippen LogP contribution >= 0.6 is 0 Å². The number of nitrogens with one attached hydrogen (secondary N) is 1. The summed E-state index contributed by atoms with van der Waals surface area (Å²) < 4.78 is 5.98. The molecule has 2 aromatic carbocycles. The molecular formula is C35H48N8O6. The van der Waals surface area contributed by atoms with E-state index < -0.39 is 17.1 Å². The molecule has 0 saturated carbocycles.